The van der Waals surface area contributed by atoms with E-state index in [4.69, 9.17) is 0 Å². The van der Waals surface area contributed by atoms with E-state index in [0.29, 0.717) is 0 Å². The summed E-state index contributed by atoms with van der Waals surface area (Å²) in [4.78, 5) is 11.2. The molecule has 4 heteroatoms. The zero-order chi connectivity index (χ0) is 12.8. The molecule has 1 atom stereocenters. The zero-order valence-corrected chi connectivity index (χ0v) is 10.1. The van der Waals surface area contributed by atoms with E-state index in [-0.39, 0.29) is 11.6 Å². The van der Waals surface area contributed by atoms with Crippen LogP contribution in [0.15, 0.2) is 24.3 Å². The van der Waals surface area contributed by atoms with Crippen molar-refractivity contribution in [1.29, 1.82) is 0 Å². The van der Waals surface area contributed by atoms with Gasteiger partial charge in [0.25, 0.3) is 0 Å². The van der Waals surface area contributed by atoms with Crippen molar-refractivity contribution in [2.24, 2.45) is 5.92 Å². The van der Waals surface area contributed by atoms with Crippen LogP contribution < -0.4 is 5.32 Å². The molecule has 0 aliphatic heterocycles. The molecule has 0 saturated heterocycles. The van der Waals surface area contributed by atoms with Crippen molar-refractivity contribution in [2.45, 2.75) is 32.7 Å². The lowest BCUT2D eigenvalue weighted by atomic mass is 9.94. The van der Waals surface area contributed by atoms with Gasteiger partial charge in [-0.3, -0.25) is 0 Å². The van der Waals surface area contributed by atoms with Gasteiger partial charge in [-0.2, -0.15) is 0 Å². The van der Waals surface area contributed by atoms with Crippen LogP contribution in [0.2, 0.25) is 0 Å². The summed E-state index contributed by atoms with van der Waals surface area (Å²) in [5.41, 5.74) is 0.242. The summed E-state index contributed by atoms with van der Waals surface area (Å²) < 4.78 is 13.4. The van der Waals surface area contributed by atoms with E-state index in [1.807, 2.05) is 13.8 Å². The van der Waals surface area contributed by atoms with Crippen molar-refractivity contribution < 1.29 is 14.3 Å². The average molecular weight is 239 g/mol. The van der Waals surface area contributed by atoms with Crippen LogP contribution in [0.25, 0.3) is 0 Å². The van der Waals surface area contributed by atoms with Gasteiger partial charge in [0.15, 0.2) is 0 Å². The minimum atomic E-state index is -0.943. The second-order valence-electron chi connectivity index (χ2n) is 4.02. The van der Waals surface area contributed by atoms with E-state index in [2.05, 4.69) is 5.32 Å². The molecular formula is C13H18FNO2. The maximum atomic E-state index is 13.4. The van der Waals surface area contributed by atoms with Crippen LogP contribution in [-0.2, 0) is 4.79 Å². The summed E-state index contributed by atoms with van der Waals surface area (Å²) in [6, 6.07) is 5.37. The van der Waals surface area contributed by atoms with Crippen LogP contribution in [0.5, 0.6) is 0 Å². The summed E-state index contributed by atoms with van der Waals surface area (Å²) in [6.45, 7) is 3.88. The Bertz CT molecular complexity index is 377. The molecular weight excluding hydrogens is 221 g/mol. The molecule has 0 spiro atoms. The smallest absolute Gasteiger partial charge is 0.326 e. The van der Waals surface area contributed by atoms with Crippen molar-refractivity contribution >= 4 is 11.7 Å². The number of hydrogen-bond donors (Lipinski definition) is 2. The van der Waals surface area contributed by atoms with Crippen LogP contribution in [0.4, 0.5) is 10.1 Å². The molecule has 0 aliphatic rings. The molecule has 0 fully saturated rings. The van der Waals surface area contributed by atoms with Crippen molar-refractivity contribution in [3.8, 4) is 0 Å². The van der Waals surface area contributed by atoms with Crippen LogP contribution in [0.3, 0.4) is 0 Å². The average Bonchev–Trinajstić information content (AvgIpc) is 2.31. The fourth-order valence-corrected chi connectivity index (χ4v) is 1.89. The van der Waals surface area contributed by atoms with E-state index < -0.39 is 17.8 Å². The van der Waals surface area contributed by atoms with Gasteiger partial charge in [0.05, 0.1) is 5.69 Å². The molecule has 0 saturated carbocycles. The van der Waals surface area contributed by atoms with E-state index in [9.17, 15) is 14.3 Å². The molecule has 1 unspecified atom stereocenters. The summed E-state index contributed by atoms with van der Waals surface area (Å²) in [5, 5.41) is 11.9. The van der Waals surface area contributed by atoms with Gasteiger partial charge in [-0.05, 0) is 18.1 Å². The predicted octanol–water partition coefficient (Wildman–Crippen LogP) is 3.13. The molecule has 1 aromatic carbocycles. The number of nitrogens with one attached hydrogen (secondary N) is 1. The summed E-state index contributed by atoms with van der Waals surface area (Å²) in [6.07, 6.45) is 1.49. The molecule has 1 rings (SSSR count). The first kappa shape index (κ1) is 13.5. The molecule has 3 nitrogen and oxygen atoms in total. The number of carboxylic acid groups (broad SMARTS) is 1. The summed E-state index contributed by atoms with van der Waals surface area (Å²) in [7, 11) is 0. The molecule has 0 amide bonds. The third-order valence-electron chi connectivity index (χ3n) is 2.97. The first-order chi connectivity index (χ1) is 8.10. The maximum absolute atomic E-state index is 13.4. The molecule has 0 heterocycles. The maximum Gasteiger partial charge on any atom is 0.326 e. The number of halogens is 1. The fraction of sp³-hybridized carbons (Fsp3) is 0.462. The highest BCUT2D eigenvalue weighted by Gasteiger charge is 2.26. The van der Waals surface area contributed by atoms with Crippen LogP contribution in [0.1, 0.15) is 26.7 Å². The lowest BCUT2D eigenvalue weighted by Gasteiger charge is -2.23. The van der Waals surface area contributed by atoms with Crippen LogP contribution in [0, 0.1) is 11.7 Å². The van der Waals surface area contributed by atoms with Crippen molar-refractivity contribution in [3.05, 3.63) is 30.1 Å². The van der Waals surface area contributed by atoms with Crippen molar-refractivity contribution in [2.75, 3.05) is 5.32 Å². The largest absolute Gasteiger partial charge is 0.480 e. The Balaban J connectivity index is 2.87. The number of benzene rings is 1. The van der Waals surface area contributed by atoms with Crippen molar-refractivity contribution in [1.82, 2.24) is 0 Å². The molecule has 1 aromatic rings. The minimum absolute atomic E-state index is 0.00731. The van der Waals surface area contributed by atoms with Gasteiger partial charge in [0, 0.05) is 0 Å². The Morgan fingerprint density at radius 2 is 1.94 bits per heavy atom. The normalized spacial score (nSPS) is 12.5. The first-order valence-electron chi connectivity index (χ1n) is 5.84. The van der Waals surface area contributed by atoms with E-state index >= 15 is 0 Å². The Hall–Kier alpha value is -1.58. The van der Waals surface area contributed by atoms with Crippen LogP contribution >= 0.6 is 0 Å². The Morgan fingerprint density at radius 3 is 2.41 bits per heavy atom. The highest BCUT2D eigenvalue weighted by atomic mass is 19.1. The fourth-order valence-electron chi connectivity index (χ4n) is 1.89. The van der Waals surface area contributed by atoms with Gasteiger partial charge in [0.2, 0.25) is 0 Å². The molecule has 0 aromatic heterocycles. The van der Waals surface area contributed by atoms with Gasteiger partial charge in [-0.25, -0.2) is 9.18 Å². The first-order valence-corrected chi connectivity index (χ1v) is 5.84. The van der Waals surface area contributed by atoms with Gasteiger partial charge in [-0.15, -0.1) is 0 Å². The Morgan fingerprint density at radius 1 is 1.35 bits per heavy atom. The summed E-state index contributed by atoms with van der Waals surface area (Å²) >= 11 is 0. The summed E-state index contributed by atoms with van der Waals surface area (Å²) in [5.74, 6) is -1.38. The molecule has 2 N–H and O–H groups in total. The molecule has 94 valence electrons. The van der Waals surface area contributed by atoms with Gasteiger partial charge in [0.1, 0.15) is 11.9 Å². The highest BCUT2D eigenvalue weighted by Crippen LogP contribution is 2.20. The Labute approximate surface area is 101 Å². The van der Waals surface area contributed by atoms with E-state index in [1.54, 1.807) is 18.2 Å². The van der Waals surface area contributed by atoms with E-state index in [1.165, 1.54) is 6.07 Å². The molecule has 17 heavy (non-hydrogen) atoms. The lowest BCUT2D eigenvalue weighted by Crippen LogP contribution is -2.36. The monoisotopic (exact) mass is 239 g/mol. The van der Waals surface area contributed by atoms with Crippen molar-refractivity contribution in [3.63, 3.8) is 0 Å². The number of rotatable bonds is 6. The number of aliphatic carboxylic acids is 1. The predicted molar refractivity (Wildman–Crippen MR) is 65.5 cm³/mol. The second-order valence-corrected chi connectivity index (χ2v) is 4.02. The van der Waals surface area contributed by atoms with E-state index in [0.717, 1.165) is 12.8 Å². The molecule has 0 bridgehead atoms. The number of carbonyl (C=O) groups is 1. The van der Waals surface area contributed by atoms with Gasteiger partial charge < -0.3 is 10.4 Å². The SMILES string of the molecule is CCC(CC)C(Nc1ccccc1F)C(=O)O. The third-order valence-corrected chi connectivity index (χ3v) is 2.97. The van der Waals surface area contributed by atoms with Gasteiger partial charge >= 0.3 is 5.97 Å². The quantitative estimate of drug-likeness (QED) is 0.801. The lowest BCUT2D eigenvalue weighted by molar-refractivity contribution is -0.139. The second kappa shape index (κ2) is 6.23. The zero-order valence-electron chi connectivity index (χ0n) is 10.1. The number of carboxylic acids is 1. The molecule has 0 radical (unpaired) electrons. The van der Waals surface area contributed by atoms with Gasteiger partial charge in [-0.1, -0.05) is 38.8 Å². The number of hydrogen-bond acceptors (Lipinski definition) is 2. The highest BCUT2D eigenvalue weighted by molar-refractivity contribution is 5.77. The minimum Gasteiger partial charge on any atom is -0.480 e. The topological polar surface area (TPSA) is 49.3 Å². The number of anilines is 1. The standard InChI is InChI=1S/C13H18FNO2/c1-3-9(4-2)12(13(16)17)15-11-8-6-5-7-10(11)14/h5-9,12,15H,3-4H2,1-2H3,(H,16,17). The Kier molecular flexibility index (Phi) is 4.94. The van der Waals surface area contributed by atoms with Crippen LogP contribution in [-0.4, -0.2) is 17.1 Å². The third kappa shape index (κ3) is 3.44. The number of para-hydroxylation sites is 1. The molecule has 0 aliphatic carbocycles.